The van der Waals surface area contributed by atoms with Gasteiger partial charge in [-0.2, -0.15) is 26.3 Å². The number of alkyl halides is 6. The molecule has 0 amide bonds. The van der Waals surface area contributed by atoms with Crippen LogP contribution in [0.15, 0.2) is 17.0 Å². The topological polar surface area (TPSA) is 0 Å². The lowest BCUT2D eigenvalue weighted by Gasteiger charge is -2.17. The van der Waals surface area contributed by atoms with E-state index in [2.05, 4.69) is 0 Å². The lowest BCUT2D eigenvalue weighted by Crippen LogP contribution is -2.17. The Morgan fingerprint density at radius 1 is 0.882 bits per heavy atom. The van der Waals surface area contributed by atoms with Crippen LogP contribution in [0.25, 0.3) is 0 Å². The maximum atomic E-state index is 12.5. The zero-order valence-corrected chi connectivity index (χ0v) is 9.65. The van der Waals surface area contributed by atoms with Gasteiger partial charge in [0, 0.05) is 4.90 Å². The van der Waals surface area contributed by atoms with Gasteiger partial charge in [-0.1, -0.05) is 0 Å². The van der Waals surface area contributed by atoms with Crippen molar-refractivity contribution in [3.05, 3.63) is 28.8 Å². The molecule has 0 aliphatic carbocycles. The Morgan fingerprint density at radius 2 is 1.29 bits per heavy atom. The highest BCUT2D eigenvalue weighted by atomic mass is 32.2. The number of aryl methyl sites for hydroxylation is 1. The van der Waals surface area contributed by atoms with Crippen LogP contribution in [0.5, 0.6) is 0 Å². The Balaban J connectivity index is 3.54. The summed E-state index contributed by atoms with van der Waals surface area (Å²) in [7, 11) is 0. The van der Waals surface area contributed by atoms with E-state index in [0.29, 0.717) is 12.1 Å². The van der Waals surface area contributed by atoms with Gasteiger partial charge in [0.2, 0.25) is 0 Å². The fraction of sp³-hybridized carbons (Fsp3) is 0.400. The van der Waals surface area contributed by atoms with Crippen molar-refractivity contribution in [2.24, 2.45) is 0 Å². The fourth-order valence-corrected chi connectivity index (χ4v) is 1.99. The Morgan fingerprint density at radius 3 is 1.65 bits per heavy atom. The van der Waals surface area contributed by atoms with E-state index in [4.69, 9.17) is 0 Å². The van der Waals surface area contributed by atoms with Crippen LogP contribution in [-0.4, -0.2) is 6.26 Å². The summed E-state index contributed by atoms with van der Waals surface area (Å²) < 4.78 is 75.0. The predicted octanol–water partition coefficient (Wildman–Crippen LogP) is 4.75. The molecule has 0 aliphatic rings. The van der Waals surface area contributed by atoms with Crippen LogP contribution in [0.1, 0.15) is 16.7 Å². The van der Waals surface area contributed by atoms with Gasteiger partial charge in [-0.3, -0.25) is 0 Å². The van der Waals surface area contributed by atoms with Crippen LogP contribution in [0, 0.1) is 6.92 Å². The van der Waals surface area contributed by atoms with Crippen molar-refractivity contribution in [2.75, 3.05) is 6.26 Å². The summed E-state index contributed by atoms with van der Waals surface area (Å²) in [6.07, 6.45) is -8.51. The molecule has 0 N–H and O–H groups in total. The molecule has 0 atom stereocenters. The van der Waals surface area contributed by atoms with Crippen LogP contribution < -0.4 is 0 Å². The summed E-state index contributed by atoms with van der Waals surface area (Å²) in [6, 6.07) is 1.08. The number of benzene rings is 1. The van der Waals surface area contributed by atoms with Gasteiger partial charge < -0.3 is 0 Å². The first-order chi connectivity index (χ1) is 7.57. The molecular weight excluding hydrogens is 266 g/mol. The van der Waals surface area contributed by atoms with Crippen molar-refractivity contribution < 1.29 is 26.3 Å². The first kappa shape index (κ1) is 14.2. The van der Waals surface area contributed by atoms with E-state index in [-0.39, 0.29) is 10.5 Å². The van der Waals surface area contributed by atoms with Crippen molar-refractivity contribution in [1.29, 1.82) is 0 Å². The maximum Gasteiger partial charge on any atom is 0.417 e. The number of thioether (sulfide) groups is 1. The lowest BCUT2D eigenvalue weighted by atomic mass is 10.0. The Hall–Kier alpha value is -0.850. The second-order valence-corrected chi connectivity index (χ2v) is 4.21. The van der Waals surface area contributed by atoms with Crippen molar-refractivity contribution in [1.82, 2.24) is 0 Å². The van der Waals surface area contributed by atoms with Crippen molar-refractivity contribution in [3.63, 3.8) is 0 Å². The summed E-state index contributed by atoms with van der Waals surface area (Å²) in [4.78, 5) is 0.185. The normalized spacial score (nSPS) is 12.9. The third-order valence-electron chi connectivity index (χ3n) is 2.15. The highest BCUT2D eigenvalue weighted by Gasteiger charge is 2.43. The first-order valence-electron chi connectivity index (χ1n) is 4.40. The average molecular weight is 274 g/mol. The van der Waals surface area contributed by atoms with Gasteiger partial charge in [0.1, 0.15) is 0 Å². The molecule has 0 fully saturated rings. The zero-order chi connectivity index (χ0) is 13.4. The molecule has 0 heterocycles. The van der Waals surface area contributed by atoms with E-state index in [0.717, 1.165) is 11.8 Å². The molecule has 0 aromatic heterocycles. The molecule has 7 heteroatoms. The first-order valence-corrected chi connectivity index (χ1v) is 5.63. The standard InChI is InChI=1S/C10H8F6S/c1-5-3-6(9(11,12)13)7(10(14,15)16)4-8(5)17-2/h3-4H,1-2H3. The van der Waals surface area contributed by atoms with Gasteiger partial charge in [0.15, 0.2) is 0 Å². The van der Waals surface area contributed by atoms with Gasteiger partial charge in [-0.25, -0.2) is 0 Å². The molecule has 0 saturated carbocycles. The van der Waals surface area contributed by atoms with Crippen molar-refractivity contribution >= 4 is 11.8 Å². The van der Waals surface area contributed by atoms with E-state index in [1.165, 1.54) is 13.2 Å². The Kier molecular flexibility index (Phi) is 3.71. The van der Waals surface area contributed by atoms with Crippen LogP contribution in [-0.2, 0) is 12.4 Å². The highest BCUT2D eigenvalue weighted by molar-refractivity contribution is 7.98. The summed E-state index contributed by atoms with van der Waals surface area (Å²) in [6.45, 7) is 1.35. The van der Waals surface area contributed by atoms with Crippen LogP contribution in [0.2, 0.25) is 0 Å². The monoisotopic (exact) mass is 274 g/mol. The van der Waals surface area contributed by atoms with E-state index >= 15 is 0 Å². The molecule has 1 rings (SSSR count). The molecule has 0 spiro atoms. The second kappa shape index (κ2) is 4.44. The van der Waals surface area contributed by atoms with Crippen molar-refractivity contribution in [3.8, 4) is 0 Å². The minimum Gasteiger partial charge on any atom is -0.166 e. The van der Waals surface area contributed by atoms with Gasteiger partial charge >= 0.3 is 12.4 Å². The van der Waals surface area contributed by atoms with Crippen LogP contribution in [0.3, 0.4) is 0 Å². The van der Waals surface area contributed by atoms with Gasteiger partial charge in [-0.15, -0.1) is 11.8 Å². The van der Waals surface area contributed by atoms with Gasteiger partial charge in [-0.05, 0) is 30.9 Å². The van der Waals surface area contributed by atoms with Crippen LogP contribution >= 0.6 is 11.8 Å². The number of halogens is 6. The molecule has 0 unspecified atom stereocenters. The summed E-state index contributed by atoms with van der Waals surface area (Å²) in [5.74, 6) is 0. The fourth-order valence-electron chi connectivity index (χ4n) is 1.38. The molecule has 0 radical (unpaired) electrons. The average Bonchev–Trinajstić information content (AvgIpc) is 2.14. The van der Waals surface area contributed by atoms with E-state index in [9.17, 15) is 26.3 Å². The molecule has 1 aromatic rings. The molecule has 0 bridgehead atoms. The third kappa shape index (κ3) is 3.08. The van der Waals surface area contributed by atoms with E-state index in [1.54, 1.807) is 0 Å². The van der Waals surface area contributed by atoms with Gasteiger partial charge in [0.05, 0.1) is 11.1 Å². The van der Waals surface area contributed by atoms with E-state index < -0.39 is 23.5 Å². The SMILES string of the molecule is CSc1cc(C(F)(F)F)c(C(F)(F)F)cc1C. The molecule has 17 heavy (non-hydrogen) atoms. The zero-order valence-electron chi connectivity index (χ0n) is 8.83. The minimum absolute atomic E-state index is 0.179. The molecule has 0 nitrogen and oxygen atoms in total. The molecule has 96 valence electrons. The number of hydrogen-bond donors (Lipinski definition) is 0. The summed E-state index contributed by atoms with van der Waals surface area (Å²) in [5.41, 5.74) is -3.10. The predicted molar refractivity (Wildman–Crippen MR) is 53.0 cm³/mol. The number of rotatable bonds is 1. The number of hydrogen-bond acceptors (Lipinski definition) is 1. The van der Waals surface area contributed by atoms with Gasteiger partial charge in [0.25, 0.3) is 0 Å². The third-order valence-corrected chi connectivity index (χ3v) is 3.03. The second-order valence-electron chi connectivity index (χ2n) is 3.36. The Bertz CT molecular complexity index is 418. The smallest absolute Gasteiger partial charge is 0.166 e. The Labute approximate surface area is 98.0 Å². The largest absolute Gasteiger partial charge is 0.417 e. The highest BCUT2D eigenvalue weighted by Crippen LogP contribution is 2.42. The lowest BCUT2D eigenvalue weighted by molar-refractivity contribution is -0.162. The molecule has 0 aliphatic heterocycles. The summed E-state index contributed by atoms with van der Waals surface area (Å²) in [5, 5.41) is 0. The maximum absolute atomic E-state index is 12.5. The molecule has 0 saturated heterocycles. The minimum atomic E-state index is -5.01. The molecular formula is C10H8F6S. The molecule has 1 aromatic carbocycles. The summed E-state index contributed by atoms with van der Waals surface area (Å²) >= 11 is 0.978. The quantitative estimate of drug-likeness (QED) is 0.526. The van der Waals surface area contributed by atoms with E-state index in [1.807, 2.05) is 0 Å². The van der Waals surface area contributed by atoms with Crippen LogP contribution in [0.4, 0.5) is 26.3 Å². The van der Waals surface area contributed by atoms with Crippen molar-refractivity contribution in [2.45, 2.75) is 24.2 Å².